The number of hydrogen-bond donors (Lipinski definition) is 0. The van der Waals surface area contributed by atoms with Gasteiger partial charge in [-0.15, -0.1) is 0 Å². The molecule has 1 amide bonds. The summed E-state index contributed by atoms with van der Waals surface area (Å²) in [7, 11) is 2.02. The number of aryl methyl sites for hydroxylation is 1. The summed E-state index contributed by atoms with van der Waals surface area (Å²) in [4.78, 5) is 27.3. The number of anilines is 1. The van der Waals surface area contributed by atoms with Crippen LogP contribution in [0.4, 0.5) is 5.95 Å². The van der Waals surface area contributed by atoms with E-state index in [1.807, 2.05) is 42.3 Å². The van der Waals surface area contributed by atoms with Gasteiger partial charge in [-0.25, -0.2) is 9.97 Å². The number of likely N-dealkylation sites (N-methyl/N-ethyl adjacent to an activating group) is 1. The first-order valence-electron chi connectivity index (χ1n) is 9.79. The number of amides is 1. The summed E-state index contributed by atoms with van der Waals surface area (Å²) in [6.45, 7) is 7.19. The van der Waals surface area contributed by atoms with Crippen LogP contribution in [0.1, 0.15) is 12.0 Å². The van der Waals surface area contributed by atoms with Crippen LogP contribution in [0.5, 0.6) is 5.75 Å². The Morgan fingerprint density at radius 2 is 1.75 bits per heavy atom. The zero-order chi connectivity index (χ0) is 19.8. The molecule has 0 radical (unpaired) electrons. The molecule has 150 valence electrons. The summed E-state index contributed by atoms with van der Waals surface area (Å²) in [5.41, 5.74) is 1.22. The number of ether oxygens (including phenoxy) is 1. The van der Waals surface area contributed by atoms with Crippen LogP contribution in [0.3, 0.4) is 0 Å². The van der Waals surface area contributed by atoms with E-state index in [0.717, 1.165) is 51.0 Å². The highest BCUT2D eigenvalue weighted by Crippen LogP contribution is 2.12. The van der Waals surface area contributed by atoms with Crippen LogP contribution >= 0.6 is 0 Å². The van der Waals surface area contributed by atoms with E-state index < -0.39 is 0 Å². The summed E-state index contributed by atoms with van der Waals surface area (Å²) in [6.07, 6.45) is 4.03. The molecule has 7 heteroatoms. The highest BCUT2D eigenvalue weighted by molar-refractivity contribution is 5.76. The van der Waals surface area contributed by atoms with Gasteiger partial charge in [-0.3, -0.25) is 4.79 Å². The van der Waals surface area contributed by atoms with Crippen molar-refractivity contribution in [2.45, 2.75) is 13.3 Å². The lowest BCUT2D eigenvalue weighted by atomic mass is 10.2. The molecule has 0 N–H and O–H groups in total. The fourth-order valence-corrected chi connectivity index (χ4v) is 3.12. The quantitative estimate of drug-likeness (QED) is 0.693. The van der Waals surface area contributed by atoms with Gasteiger partial charge in [0, 0.05) is 58.1 Å². The van der Waals surface area contributed by atoms with E-state index in [0.29, 0.717) is 13.0 Å². The minimum absolute atomic E-state index is 0.208. The van der Waals surface area contributed by atoms with E-state index in [1.54, 1.807) is 12.4 Å². The maximum atomic E-state index is 12.5. The second-order valence-electron chi connectivity index (χ2n) is 7.13. The molecule has 0 unspecified atom stereocenters. The Morgan fingerprint density at radius 3 is 2.43 bits per heavy atom. The van der Waals surface area contributed by atoms with Crippen LogP contribution in [-0.4, -0.2) is 78.6 Å². The van der Waals surface area contributed by atoms with Gasteiger partial charge in [0.25, 0.3) is 0 Å². The molecular formula is C21H29N5O2. The zero-order valence-electron chi connectivity index (χ0n) is 16.8. The number of carbonyl (C=O) groups is 1. The summed E-state index contributed by atoms with van der Waals surface area (Å²) in [5, 5.41) is 0. The molecule has 0 saturated carbocycles. The van der Waals surface area contributed by atoms with Crippen molar-refractivity contribution in [1.29, 1.82) is 0 Å². The minimum Gasteiger partial charge on any atom is -0.492 e. The van der Waals surface area contributed by atoms with Crippen LogP contribution in [0.25, 0.3) is 0 Å². The lowest BCUT2D eigenvalue weighted by Crippen LogP contribution is -2.49. The third-order valence-electron chi connectivity index (χ3n) is 4.94. The van der Waals surface area contributed by atoms with Gasteiger partial charge >= 0.3 is 0 Å². The molecule has 2 heterocycles. The van der Waals surface area contributed by atoms with Gasteiger partial charge in [-0.2, -0.15) is 0 Å². The van der Waals surface area contributed by atoms with Crippen molar-refractivity contribution in [3.63, 3.8) is 0 Å². The van der Waals surface area contributed by atoms with Gasteiger partial charge in [0.05, 0.1) is 0 Å². The molecule has 28 heavy (non-hydrogen) atoms. The third-order valence-corrected chi connectivity index (χ3v) is 4.94. The first-order valence-corrected chi connectivity index (χ1v) is 9.79. The predicted octanol–water partition coefficient (Wildman–Crippen LogP) is 1.83. The average Bonchev–Trinajstić information content (AvgIpc) is 2.74. The highest BCUT2D eigenvalue weighted by atomic mass is 16.5. The van der Waals surface area contributed by atoms with Crippen LogP contribution in [0, 0.1) is 6.92 Å². The van der Waals surface area contributed by atoms with Gasteiger partial charge in [0.2, 0.25) is 11.9 Å². The second kappa shape index (κ2) is 10.0. The largest absolute Gasteiger partial charge is 0.492 e. The Hall–Kier alpha value is -2.67. The van der Waals surface area contributed by atoms with Gasteiger partial charge in [0.1, 0.15) is 12.4 Å². The van der Waals surface area contributed by atoms with E-state index in [1.165, 1.54) is 5.56 Å². The molecule has 1 aromatic heterocycles. The second-order valence-corrected chi connectivity index (χ2v) is 7.13. The molecule has 0 spiro atoms. The highest BCUT2D eigenvalue weighted by Gasteiger charge is 2.22. The van der Waals surface area contributed by atoms with Crippen LogP contribution in [0.15, 0.2) is 42.7 Å². The van der Waals surface area contributed by atoms with E-state index in [4.69, 9.17) is 4.74 Å². The maximum Gasteiger partial charge on any atom is 0.225 e. The van der Waals surface area contributed by atoms with Gasteiger partial charge in [-0.05, 0) is 32.2 Å². The van der Waals surface area contributed by atoms with Gasteiger partial charge < -0.3 is 19.4 Å². The van der Waals surface area contributed by atoms with Crippen molar-refractivity contribution in [2.75, 3.05) is 57.8 Å². The van der Waals surface area contributed by atoms with Gasteiger partial charge in [-0.1, -0.05) is 17.7 Å². The number of piperazine rings is 1. The Labute approximate surface area is 166 Å². The first kappa shape index (κ1) is 20.1. The van der Waals surface area contributed by atoms with Crippen molar-refractivity contribution in [3.05, 3.63) is 48.3 Å². The third kappa shape index (κ3) is 5.92. The smallest absolute Gasteiger partial charge is 0.225 e. The molecule has 1 aromatic carbocycles. The number of benzene rings is 1. The lowest BCUT2D eigenvalue weighted by Gasteiger charge is -2.35. The summed E-state index contributed by atoms with van der Waals surface area (Å²) in [5.74, 6) is 1.83. The normalized spacial score (nSPS) is 14.4. The fourth-order valence-electron chi connectivity index (χ4n) is 3.12. The van der Waals surface area contributed by atoms with Crippen molar-refractivity contribution in [1.82, 2.24) is 19.8 Å². The van der Waals surface area contributed by atoms with Crippen molar-refractivity contribution in [3.8, 4) is 5.75 Å². The fraction of sp³-hybridized carbons (Fsp3) is 0.476. The molecule has 0 atom stereocenters. The number of rotatable bonds is 8. The molecular weight excluding hydrogens is 354 g/mol. The topological polar surface area (TPSA) is 61.8 Å². The SMILES string of the molecule is Cc1ccc(OCCN(C)CCC(=O)N2CCN(c3ncccn3)CC2)cc1. The summed E-state index contributed by atoms with van der Waals surface area (Å²) < 4.78 is 5.75. The van der Waals surface area contributed by atoms with Crippen LogP contribution in [0.2, 0.25) is 0 Å². The first-order chi connectivity index (χ1) is 13.6. The number of aromatic nitrogens is 2. The standard InChI is InChI=1S/C21H29N5O2/c1-18-4-6-19(7-5-18)28-17-16-24(2)11-8-20(27)25-12-14-26(15-13-25)21-22-9-3-10-23-21/h3-7,9-10H,8,11-17H2,1-2H3. The van der Waals surface area contributed by atoms with Crippen molar-refractivity contribution < 1.29 is 9.53 Å². The molecule has 0 aliphatic carbocycles. The summed E-state index contributed by atoms with van der Waals surface area (Å²) >= 11 is 0. The molecule has 1 aliphatic rings. The molecule has 0 bridgehead atoms. The van der Waals surface area contributed by atoms with Crippen molar-refractivity contribution >= 4 is 11.9 Å². The van der Waals surface area contributed by atoms with E-state index in [9.17, 15) is 4.79 Å². The van der Waals surface area contributed by atoms with Crippen molar-refractivity contribution in [2.24, 2.45) is 0 Å². The monoisotopic (exact) mass is 383 g/mol. The molecule has 1 saturated heterocycles. The number of carbonyl (C=O) groups excluding carboxylic acids is 1. The van der Waals surface area contributed by atoms with Gasteiger partial charge in [0.15, 0.2) is 0 Å². The maximum absolute atomic E-state index is 12.5. The van der Waals surface area contributed by atoms with E-state index in [-0.39, 0.29) is 5.91 Å². The Morgan fingerprint density at radius 1 is 1.07 bits per heavy atom. The van der Waals surface area contributed by atoms with E-state index in [2.05, 4.69) is 26.7 Å². The number of nitrogens with zero attached hydrogens (tertiary/aromatic N) is 5. The van der Waals surface area contributed by atoms with Crippen LogP contribution < -0.4 is 9.64 Å². The molecule has 1 aliphatic heterocycles. The zero-order valence-corrected chi connectivity index (χ0v) is 16.8. The molecule has 1 fully saturated rings. The molecule has 3 rings (SSSR count). The average molecular weight is 383 g/mol. The Balaban J connectivity index is 1.32. The summed E-state index contributed by atoms with van der Waals surface area (Å²) in [6, 6.07) is 9.87. The molecule has 7 nitrogen and oxygen atoms in total. The lowest BCUT2D eigenvalue weighted by molar-refractivity contribution is -0.131. The minimum atomic E-state index is 0.208. The molecule has 2 aromatic rings. The predicted molar refractivity (Wildman–Crippen MR) is 110 cm³/mol. The Bertz CT molecular complexity index is 730. The number of hydrogen-bond acceptors (Lipinski definition) is 6. The van der Waals surface area contributed by atoms with Crippen LogP contribution in [-0.2, 0) is 4.79 Å². The van der Waals surface area contributed by atoms with E-state index >= 15 is 0 Å². The Kier molecular flexibility index (Phi) is 7.19.